The molecule has 1 N–H and O–H groups in total. The fraction of sp³-hybridized carbons (Fsp3) is 0.727. The van der Waals surface area contributed by atoms with Crippen molar-refractivity contribution >= 4 is 0 Å². The minimum Gasteiger partial charge on any atom is -0.446 e. The molecule has 2 rings (SSSR count). The van der Waals surface area contributed by atoms with Gasteiger partial charge < -0.3 is 9.73 Å². The van der Waals surface area contributed by atoms with Gasteiger partial charge in [-0.3, -0.25) is 0 Å². The van der Waals surface area contributed by atoms with Gasteiger partial charge in [0.05, 0.1) is 6.20 Å². The molecule has 1 heterocycles. The van der Waals surface area contributed by atoms with Gasteiger partial charge in [-0.05, 0) is 25.8 Å². The zero-order valence-electron chi connectivity index (χ0n) is 8.75. The van der Waals surface area contributed by atoms with Gasteiger partial charge in [-0.25, -0.2) is 4.98 Å². The fourth-order valence-corrected chi connectivity index (χ4v) is 1.46. The molecule has 1 fully saturated rings. The average Bonchev–Trinajstić information content (AvgIpc) is 2.91. The number of aromatic nitrogens is 1. The largest absolute Gasteiger partial charge is 0.446 e. The molecule has 0 bridgehead atoms. The van der Waals surface area contributed by atoms with Crippen LogP contribution in [0.1, 0.15) is 37.8 Å². The highest BCUT2D eigenvalue weighted by Gasteiger charge is 2.19. The van der Waals surface area contributed by atoms with Gasteiger partial charge in [-0.2, -0.15) is 0 Å². The molecule has 0 radical (unpaired) electrons. The van der Waals surface area contributed by atoms with Crippen molar-refractivity contribution in [2.24, 2.45) is 0 Å². The van der Waals surface area contributed by atoms with Crippen LogP contribution in [-0.4, -0.2) is 17.6 Å². The maximum absolute atomic E-state index is 5.52. The van der Waals surface area contributed by atoms with Gasteiger partial charge in [0.1, 0.15) is 5.76 Å². The Labute approximate surface area is 84.9 Å². The van der Waals surface area contributed by atoms with Crippen molar-refractivity contribution < 1.29 is 4.42 Å². The molecule has 1 aromatic heterocycles. The molecule has 1 saturated carbocycles. The van der Waals surface area contributed by atoms with Crippen molar-refractivity contribution in [3.8, 4) is 0 Å². The first-order valence-electron chi connectivity index (χ1n) is 5.55. The Hall–Kier alpha value is -0.830. The Morgan fingerprint density at radius 3 is 3.07 bits per heavy atom. The lowest BCUT2D eigenvalue weighted by molar-refractivity contribution is 0.450. The number of rotatable bonds is 6. The molecule has 0 amide bonds. The van der Waals surface area contributed by atoms with E-state index in [2.05, 4.69) is 17.2 Å². The number of nitrogens with one attached hydrogen (secondary N) is 1. The molecular formula is C11H18N2O. The minimum absolute atomic E-state index is 0.811. The summed E-state index contributed by atoms with van der Waals surface area (Å²) in [6.07, 6.45) is 7.58. The summed E-state index contributed by atoms with van der Waals surface area (Å²) >= 11 is 0. The van der Waals surface area contributed by atoms with Gasteiger partial charge in [0.25, 0.3) is 0 Å². The summed E-state index contributed by atoms with van der Waals surface area (Å²) in [5.41, 5.74) is 0. The molecule has 1 aliphatic rings. The number of oxazole rings is 1. The van der Waals surface area contributed by atoms with Crippen LogP contribution in [0.4, 0.5) is 0 Å². The lowest BCUT2D eigenvalue weighted by Gasteiger charge is -1.99. The van der Waals surface area contributed by atoms with Crippen LogP contribution in [0.3, 0.4) is 0 Å². The van der Waals surface area contributed by atoms with Crippen LogP contribution < -0.4 is 5.32 Å². The van der Waals surface area contributed by atoms with Crippen LogP contribution in [0.5, 0.6) is 0 Å². The topological polar surface area (TPSA) is 38.1 Å². The smallest absolute Gasteiger partial charge is 0.194 e. The molecule has 0 aromatic carbocycles. The first-order chi connectivity index (χ1) is 6.88. The Kier molecular flexibility index (Phi) is 3.19. The summed E-state index contributed by atoms with van der Waals surface area (Å²) in [5, 5.41) is 3.48. The molecule has 0 unspecified atom stereocenters. The van der Waals surface area contributed by atoms with Crippen LogP contribution in [0, 0.1) is 0 Å². The highest BCUT2D eigenvalue weighted by molar-refractivity contribution is 4.93. The van der Waals surface area contributed by atoms with E-state index in [0.29, 0.717) is 0 Å². The molecule has 0 aliphatic heterocycles. The predicted octanol–water partition coefficient (Wildman–Crippen LogP) is 1.92. The van der Waals surface area contributed by atoms with E-state index in [1.54, 1.807) is 0 Å². The Morgan fingerprint density at radius 1 is 1.57 bits per heavy atom. The molecule has 0 atom stereocenters. The maximum atomic E-state index is 5.52. The van der Waals surface area contributed by atoms with Crippen molar-refractivity contribution in [2.45, 2.75) is 45.1 Å². The van der Waals surface area contributed by atoms with Crippen LogP contribution in [-0.2, 0) is 12.8 Å². The van der Waals surface area contributed by atoms with Gasteiger partial charge in [-0.1, -0.05) is 6.92 Å². The summed E-state index contributed by atoms with van der Waals surface area (Å²) in [6, 6.07) is 0.811. The van der Waals surface area contributed by atoms with E-state index < -0.39 is 0 Å². The van der Waals surface area contributed by atoms with E-state index >= 15 is 0 Å². The Morgan fingerprint density at radius 2 is 2.43 bits per heavy atom. The fourth-order valence-electron chi connectivity index (χ4n) is 1.46. The number of aryl methyl sites for hydroxylation is 2. The summed E-state index contributed by atoms with van der Waals surface area (Å²) < 4.78 is 5.52. The molecule has 3 heteroatoms. The van der Waals surface area contributed by atoms with Gasteiger partial charge in [0.2, 0.25) is 0 Å². The quantitative estimate of drug-likeness (QED) is 0.703. The molecule has 3 nitrogen and oxygen atoms in total. The third-order valence-electron chi connectivity index (χ3n) is 2.53. The van der Waals surface area contributed by atoms with Crippen LogP contribution in [0.2, 0.25) is 0 Å². The Bertz CT molecular complexity index is 279. The number of hydrogen-bond donors (Lipinski definition) is 1. The molecule has 1 aliphatic carbocycles. The SMILES string of the molecule is CCc1cnc(CCCNC2CC2)o1. The molecule has 78 valence electrons. The summed E-state index contributed by atoms with van der Waals surface area (Å²) in [5.74, 6) is 1.88. The summed E-state index contributed by atoms with van der Waals surface area (Å²) in [6.45, 7) is 3.17. The Balaban J connectivity index is 1.63. The van der Waals surface area contributed by atoms with E-state index in [0.717, 1.165) is 43.5 Å². The first-order valence-corrected chi connectivity index (χ1v) is 5.55. The predicted molar refractivity (Wildman–Crippen MR) is 55.2 cm³/mol. The van der Waals surface area contributed by atoms with Gasteiger partial charge in [0.15, 0.2) is 5.89 Å². The zero-order chi connectivity index (χ0) is 9.80. The second-order valence-corrected chi connectivity index (χ2v) is 3.91. The monoisotopic (exact) mass is 194 g/mol. The number of nitrogens with zero attached hydrogens (tertiary/aromatic N) is 1. The normalized spacial score (nSPS) is 16.1. The minimum atomic E-state index is 0.811. The van der Waals surface area contributed by atoms with Gasteiger partial charge >= 0.3 is 0 Å². The van der Waals surface area contributed by atoms with Gasteiger partial charge in [-0.15, -0.1) is 0 Å². The van der Waals surface area contributed by atoms with Crippen LogP contribution >= 0.6 is 0 Å². The van der Waals surface area contributed by atoms with E-state index in [4.69, 9.17) is 4.42 Å². The molecule has 0 saturated heterocycles. The first kappa shape index (κ1) is 9.71. The van der Waals surface area contributed by atoms with Crippen molar-refractivity contribution in [1.82, 2.24) is 10.3 Å². The molecule has 0 spiro atoms. The summed E-state index contributed by atoms with van der Waals surface area (Å²) in [7, 11) is 0. The van der Waals surface area contributed by atoms with Crippen molar-refractivity contribution in [2.75, 3.05) is 6.54 Å². The lowest BCUT2D eigenvalue weighted by Crippen LogP contribution is -2.17. The van der Waals surface area contributed by atoms with Crippen molar-refractivity contribution in [1.29, 1.82) is 0 Å². The highest BCUT2D eigenvalue weighted by Crippen LogP contribution is 2.18. The molecule has 14 heavy (non-hydrogen) atoms. The highest BCUT2D eigenvalue weighted by atomic mass is 16.4. The van der Waals surface area contributed by atoms with E-state index in [1.165, 1.54) is 12.8 Å². The van der Waals surface area contributed by atoms with E-state index in [1.807, 2.05) is 6.20 Å². The van der Waals surface area contributed by atoms with Crippen molar-refractivity contribution in [3.05, 3.63) is 17.8 Å². The standard InChI is InChI=1S/C11H18N2O/c1-2-10-8-13-11(14-10)4-3-7-12-9-5-6-9/h8-9,12H,2-7H2,1H3. The number of hydrogen-bond acceptors (Lipinski definition) is 3. The third kappa shape index (κ3) is 2.84. The molecular weight excluding hydrogens is 176 g/mol. The summed E-state index contributed by atoms with van der Waals surface area (Å²) in [4.78, 5) is 4.22. The average molecular weight is 194 g/mol. The molecule has 1 aromatic rings. The second-order valence-electron chi connectivity index (χ2n) is 3.91. The van der Waals surface area contributed by atoms with Crippen LogP contribution in [0.15, 0.2) is 10.6 Å². The van der Waals surface area contributed by atoms with Crippen LogP contribution in [0.25, 0.3) is 0 Å². The third-order valence-corrected chi connectivity index (χ3v) is 2.53. The lowest BCUT2D eigenvalue weighted by atomic mass is 10.3. The maximum Gasteiger partial charge on any atom is 0.194 e. The van der Waals surface area contributed by atoms with Gasteiger partial charge in [0, 0.05) is 18.9 Å². The zero-order valence-corrected chi connectivity index (χ0v) is 8.75. The van der Waals surface area contributed by atoms with E-state index in [-0.39, 0.29) is 0 Å². The van der Waals surface area contributed by atoms with E-state index in [9.17, 15) is 0 Å². The second kappa shape index (κ2) is 4.60. The van der Waals surface area contributed by atoms with Crippen molar-refractivity contribution in [3.63, 3.8) is 0 Å².